The number of aryl methyl sites for hydroxylation is 1. The maximum atomic E-state index is 8.89. The number of ether oxygens (including phenoxy) is 1. The monoisotopic (exact) mass is 229 g/mol. The van der Waals surface area contributed by atoms with E-state index in [2.05, 4.69) is 4.98 Å². The summed E-state index contributed by atoms with van der Waals surface area (Å²) < 4.78 is 5.62. The molecule has 3 nitrogen and oxygen atoms in total. The Morgan fingerprint density at radius 3 is 2.53 bits per heavy atom. The number of hydrogen-bond acceptors (Lipinski definition) is 3. The Labute approximate surface area is 101 Å². The van der Waals surface area contributed by atoms with Crippen LogP contribution in [-0.4, -0.2) is 16.7 Å². The van der Waals surface area contributed by atoms with Gasteiger partial charge in [-0.1, -0.05) is 24.3 Å². The van der Waals surface area contributed by atoms with Crippen molar-refractivity contribution in [1.82, 2.24) is 4.98 Å². The number of aromatic nitrogens is 1. The molecule has 0 radical (unpaired) electrons. The number of benzene rings is 1. The minimum Gasteiger partial charge on any atom is -0.439 e. The summed E-state index contributed by atoms with van der Waals surface area (Å²) in [5.41, 5.74) is 1.94. The first kappa shape index (κ1) is 11.6. The fraction of sp³-hybridized carbons (Fsp3) is 0.214. The molecule has 0 saturated carbocycles. The van der Waals surface area contributed by atoms with Crippen LogP contribution in [0.1, 0.15) is 11.3 Å². The molecule has 3 heteroatoms. The van der Waals surface area contributed by atoms with Gasteiger partial charge in [0.05, 0.1) is 0 Å². The average molecular weight is 229 g/mol. The van der Waals surface area contributed by atoms with Crippen LogP contribution in [0.25, 0.3) is 0 Å². The van der Waals surface area contributed by atoms with Crippen molar-refractivity contribution in [3.8, 4) is 11.6 Å². The van der Waals surface area contributed by atoms with Crippen LogP contribution in [0.2, 0.25) is 0 Å². The fourth-order valence-corrected chi connectivity index (χ4v) is 1.62. The topological polar surface area (TPSA) is 42.4 Å². The van der Waals surface area contributed by atoms with E-state index in [1.165, 1.54) is 0 Å². The average Bonchev–Trinajstić information content (AvgIpc) is 2.34. The van der Waals surface area contributed by atoms with Crippen molar-refractivity contribution in [3.05, 3.63) is 53.7 Å². The minimum atomic E-state index is 0.140. The Morgan fingerprint density at radius 2 is 1.88 bits per heavy atom. The Morgan fingerprint density at radius 1 is 1.12 bits per heavy atom. The highest BCUT2D eigenvalue weighted by Gasteiger charge is 2.03. The summed E-state index contributed by atoms with van der Waals surface area (Å²) in [5.74, 6) is 1.35. The summed E-state index contributed by atoms with van der Waals surface area (Å²) in [7, 11) is 0. The summed E-state index contributed by atoms with van der Waals surface area (Å²) >= 11 is 0. The normalized spacial score (nSPS) is 10.2. The van der Waals surface area contributed by atoms with Crippen LogP contribution in [0.5, 0.6) is 11.6 Å². The van der Waals surface area contributed by atoms with Crippen molar-refractivity contribution in [1.29, 1.82) is 0 Å². The molecule has 17 heavy (non-hydrogen) atoms. The molecule has 0 aliphatic rings. The first-order valence-electron chi connectivity index (χ1n) is 5.60. The summed E-state index contributed by atoms with van der Waals surface area (Å²) in [6.07, 6.45) is 0.629. The molecule has 2 rings (SSSR count). The molecule has 0 atom stereocenters. The molecule has 1 aromatic carbocycles. The summed E-state index contributed by atoms with van der Waals surface area (Å²) in [6, 6.07) is 13.3. The first-order valence-corrected chi connectivity index (χ1v) is 5.60. The number of aliphatic hydroxyl groups is 1. The molecule has 0 spiro atoms. The highest BCUT2D eigenvalue weighted by molar-refractivity contribution is 5.30. The summed E-state index contributed by atoms with van der Waals surface area (Å²) in [4.78, 5) is 4.35. The molecule has 2 aromatic rings. The van der Waals surface area contributed by atoms with Crippen molar-refractivity contribution >= 4 is 0 Å². The molecule has 0 fully saturated rings. The second kappa shape index (κ2) is 5.46. The number of aliphatic hydroxyl groups excluding tert-OH is 1. The third-order valence-electron chi connectivity index (χ3n) is 2.52. The molecule has 0 amide bonds. The van der Waals surface area contributed by atoms with Gasteiger partial charge < -0.3 is 9.84 Å². The lowest BCUT2D eigenvalue weighted by molar-refractivity contribution is 0.299. The van der Waals surface area contributed by atoms with E-state index < -0.39 is 0 Å². The molecule has 0 bridgehead atoms. The second-order valence-electron chi connectivity index (χ2n) is 3.78. The van der Waals surface area contributed by atoms with Gasteiger partial charge >= 0.3 is 0 Å². The lowest BCUT2D eigenvalue weighted by Crippen LogP contribution is -1.98. The molecule has 88 valence electrons. The van der Waals surface area contributed by atoms with Gasteiger partial charge in [-0.3, -0.25) is 0 Å². The van der Waals surface area contributed by atoms with E-state index in [4.69, 9.17) is 9.84 Å². The van der Waals surface area contributed by atoms with E-state index in [-0.39, 0.29) is 6.61 Å². The van der Waals surface area contributed by atoms with Crippen LogP contribution in [-0.2, 0) is 6.42 Å². The van der Waals surface area contributed by atoms with Crippen molar-refractivity contribution in [2.24, 2.45) is 0 Å². The number of para-hydroxylation sites is 1. The van der Waals surface area contributed by atoms with E-state index in [1.54, 1.807) is 0 Å². The maximum Gasteiger partial charge on any atom is 0.219 e. The van der Waals surface area contributed by atoms with Crippen molar-refractivity contribution in [3.63, 3.8) is 0 Å². The zero-order valence-electron chi connectivity index (χ0n) is 9.76. The molecule has 1 N–H and O–H groups in total. The fourth-order valence-electron chi connectivity index (χ4n) is 1.62. The minimum absolute atomic E-state index is 0.140. The first-order chi connectivity index (χ1) is 8.29. The SMILES string of the molecule is Cc1nc(Oc2ccccc2)ccc1CCO. The van der Waals surface area contributed by atoms with E-state index >= 15 is 0 Å². The van der Waals surface area contributed by atoms with Crippen molar-refractivity contribution in [2.75, 3.05) is 6.61 Å². The van der Waals surface area contributed by atoms with Gasteiger partial charge in [0.25, 0.3) is 0 Å². The Bertz CT molecular complexity index is 483. The van der Waals surface area contributed by atoms with E-state index in [1.807, 2.05) is 49.4 Å². The van der Waals surface area contributed by atoms with Gasteiger partial charge in [-0.25, -0.2) is 4.98 Å². The number of nitrogens with zero attached hydrogens (tertiary/aromatic N) is 1. The Hall–Kier alpha value is -1.87. The highest BCUT2D eigenvalue weighted by Crippen LogP contribution is 2.20. The van der Waals surface area contributed by atoms with Gasteiger partial charge in [-0.05, 0) is 31.0 Å². The highest BCUT2D eigenvalue weighted by atomic mass is 16.5. The number of hydrogen-bond donors (Lipinski definition) is 1. The standard InChI is InChI=1S/C14H15NO2/c1-11-12(9-10-16)7-8-14(15-11)17-13-5-3-2-4-6-13/h2-8,16H,9-10H2,1H3. The number of rotatable bonds is 4. The Balaban J connectivity index is 2.15. The molecule has 0 aliphatic carbocycles. The van der Waals surface area contributed by atoms with Crippen LogP contribution in [0.15, 0.2) is 42.5 Å². The van der Waals surface area contributed by atoms with Crippen LogP contribution in [0, 0.1) is 6.92 Å². The zero-order valence-corrected chi connectivity index (χ0v) is 9.76. The molecule has 1 aromatic heterocycles. The smallest absolute Gasteiger partial charge is 0.219 e. The van der Waals surface area contributed by atoms with Crippen molar-refractivity contribution in [2.45, 2.75) is 13.3 Å². The van der Waals surface area contributed by atoms with Crippen LogP contribution < -0.4 is 4.74 Å². The van der Waals surface area contributed by atoms with Crippen LogP contribution >= 0.6 is 0 Å². The molecular weight excluding hydrogens is 214 g/mol. The largest absolute Gasteiger partial charge is 0.439 e. The third kappa shape index (κ3) is 3.04. The molecule has 0 aliphatic heterocycles. The molecule has 0 saturated heterocycles. The maximum absolute atomic E-state index is 8.89. The molecule has 1 heterocycles. The van der Waals surface area contributed by atoms with E-state index in [0.717, 1.165) is 17.0 Å². The van der Waals surface area contributed by atoms with Crippen LogP contribution in [0.4, 0.5) is 0 Å². The predicted octanol–water partition coefficient (Wildman–Crippen LogP) is 2.72. The van der Waals surface area contributed by atoms with E-state index in [0.29, 0.717) is 12.3 Å². The van der Waals surface area contributed by atoms with Crippen molar-refractivity contribution < 1.29 is 9.84 Å². The summed E-state index contributed by atoms with van der Waals surface area (Å²) in [6.45, 7) is 2.06. The quantitative estimate of drug-likeness (QED) is 0.876. The molecule has 0 unspecified atom stereocenters. The van der Waals surface area contributed by atoms with Gasteiger partial charge in [0.15, 0.2) is 0 Å². The Kier molecular flexibility index (Phi) is 3.73. The zero-order chi connectivity index (χ0) is 12.1. The van der Waals surface area contributed by atoms with Gasteiger partial charge in [-0.2, -0.15) is 0 Å². The van der Waals surface area contributed by atoms with Gasteiger partial charge in [0, 0.05) is 18.4 Å². The van der Waals surface area contributed by atoms with Gasteiger partial charge in [0.2, 0.25) is 5.88 Å². The van der Waals surface area contributed by atoms with E-state index in [9.17, 15) is 0 Å². The van der Waals surface area contributed by atoms with Gasteiger partial charge in [-0.15, -0.1) is 0 Å². The van der Waals surface area contributed by atoms with Gasteiger partial charge in [0.1, 0.15) is 5.75 Å². The lowest BCUT2D eigenvalue weighted by Gasteiger charge is -2.07. The second-order valence-corrected chi connectivity index (χ2v) is 3.78. The molecular formula is C14H15NO2. The third-order valence-corrected chi connectivity index (χ3v) is 2.52. The number of pyridine rings is 1. The predicted molar refractivity (Wildman–Crippen MR) is 66.3 cm³/mol. The summed E-state index contributed by atoms with van der Waals surface area (Å²) in [5, 5.41) is 8.89. The van der Waals surface area contributed by atoms with Crippen LogP contribution in [0.3, 0.4) is 0 Å². The lowest BCUT2D eigenvalue weighted by atomic mass is 10.1.